The van der Waals surface area contributed by atoms with Gasteiger partial charge in [-0.05, 0) is 57.9 Å². The Morgan fingerprint density at radius 2 is 1.89 bits per heavy atom. The fourth-order valence-corrected chi connectivity index (χ4v) is 4.81. The molecule has 1 amide bonds. The van der Waals surface area contributed by atoms with Gasteiger partial charge in [0.15, 0.2) is 0 Å². The first-order valence-electron chi connectivity index (χ1n) is 10.3. The van der Waals surface area contributed by atoms with E-state index < -0.39 is 5.60 Å². The summed E-state index contributed by atoms with van der Waals surface area (Å²) >= 11 is 0. The topological polar surface area (TPSA) is 53.0 Å². The van der Waals surface area contributed by atoms with Crippen molar-refractivity contribution < 1.29 is 14.6 Å². The molecule has 4 rings (SSSR count). The van der Waals surface area contributed by atoms with Crippen LogP contribution in [0.5, 0.6) is 0 Å². The van der Waals surface area contributed by atoms with Crippen LogP contribution < -0.4 is 0 Å². The van der Waals surface area contributed by atoms with Crippen LogP contribution in [0.15, 0.2) is 30.3 Å². The van der Waals surface area contributed by atoms with Gasteiger partial charge >= 0.3 is 6.09 Å². The number of fused-ring (bicyclic) bond motifs is 2. The van der Waals surface area contributed by atoms with E-state index in [2.05, 4.69) is 29.2 Å². The van der Waals surface area contributed by atoms with Gasteiger partial charge in [0.1, 0.15) is 5.60 Å². The molecule has 2 bridgehead atoms. The van der Waals surface area contributed by atoms with Gasteiger partial charge in [-0.25, -0.2) is 4.79 Å². The average molecular weight is 373 g/mol. The Morgan fingerprint density at radius 1 is 1.19 bits per heavy atom. The zero-order valence-corrected chi connectivity index (χ0v) is 16.7. The Hall–Kier alpha value is -1.59. The number of aliphatic hydroxyl groups excluding tert-OH is 1. The Bertz CT molecular complexity index is 668. The Morgan fingerprint density at radius 3 is 2.52 bits per heavy atom. The molecule has 27 heavy (non-hydrogen) atoms. The summed E-state index contributed by atoms with van der Waals surface area (Å²) in [7, 11) is 0. The van der Waals surface area contributed by atoms with Crippen LogP contribution in [0.2, 0.25) is 0 Å². The van der Waals surface area contributed by atoms with E-state index in [1.165, 1.54) is 5.56 Å². The van der Waals surface area contributed by atoms with Crippen molar-refractivity contribution in [3.8, 4) is 0 Å². The third kappa shape index (κ3) is 3.99. The van der Waals surface area contributed by atoms with Crippen molar-refractivity contribution in [2.24, 2.45) is 5.92 Å². The van der Waals surface area contributed by atoms with E-state index >= 15 is 0 Å². The summed E-state index contributed by atoms with van der Waals surface area (Å²) in [6.07, 6.45) is 3.54. The lowest BCUT2D eigenvalue weighted by molar-refractivity contribution is -0.0629. The summed E-state index contributed by atoms with van der Waals surface area (Å²) in [4.78, 5) is 17.3. The standard InChI is InChI=1S/C22H32N2O3/c1-22(2,3)27-21(26)24-17-11-12-18(24)19(20(25)16-9-10-16)23(14-17)13-15-7-5-4-6-8-15/h4-8,16-20,25H,9-14H2,1-3H3/t17?,18-,19-,20-/m0/s1. The Balaban J connectivity index is 1.57. The summed E-state index contributed by atoms with van der Waals surface area (Å²) in [5.74, 6) is 0.380. The number of likely N-dealkylation sites (tertiary alicyclic amines) is 1. The number of nitrogens with zero attached hydrogens (tertiary/aromatic N) is 2. The normalized spacial score (nSPS) is 29.6. The van der Waals surface area contributed by atoms with Gasteiger partial charge in [-0.3, -0.25) is 9.80 Å². The van der Waals surface area contributed by atoms with Gasteiger partial charge in [0.05, 0.1) is 18.2 Å². The predicted molar refractivity (Wildman–Crippen MR) is 104 cm³/mol. The van der Waals surface area contributed by atoms with Crippen LogP contribution >= 0.6 is 0 Å². The highest BCUT2D eigenvalue weighted by Crippen LogP contribution is 2.43. The Labute approximate surface area is 162 Å². The van der Waals surface area contributed by atoms with Crippen molar-refractivity contribution in [1.29, 1.82) is 0 Å². The van der Waals surface area contributed by atoms with Crippen molar-refractivity contribution in [2.75, 3.05) is 6.54 Å². The molecule has 0 radical (unpaired) electrons. The summed E-state index contributed by atoms with van der Waals surface area (Å²) in [5, 5.41) is 11.1. The molecule has 1 unspecified atom stereocenters. The van der Waals surface area contributed by atoms with Gasteiger partial charge in [0.2, 0.25) is 0 Å². The molecule has 0 spiro atoms. The maximum Gasteiger partial charge on any atom is 0.410 e. The molecule has 1 N–H and O–H groups in total. The number of hydrogen-bond donors (Lipinski definition) is 1. The molecule has 2 saturated heterocycles. The molecule has 148 valence electrons. The second-order valence-corrected chi connectivity index (χ2v) is 9.42. The van der Waals surface area contributed by atoms with Crippen LogP contribution in [0.1, 0.15) is 52.0 Å². The summed E-state index contributed by atoms with van der Waals surface area (Å²) < 4.78 is 5.70. The van der Waals surface area contributed by atoms with E-state index in [-0.39, 0.29) is 30.3 Å². The van der Waals surface area contributed by atoms with Gasteiger partial charge in [0, 0.05) is 19.1 Å². The lowest BCUT2D eigenvalue weighted by Gasteiger charge is -2.48. The molecule has 0 aromatic heterocycles. The van der Waals surface area contributed by atoms with Gasteiger partial charge in [-0.2, -0.15) is 0 Å². The zero-order valence-electron chi connectivity index (χ0n) is 16.7. The molecule has 1 saturated carbocycles. The van der Waals surface area contributed by atoms with Crippen LogP contribution in [-0.2, 0) is 11.3 Å². The number of aliphatic hydroxyl groups is 1. The molecule has 1 aromatic carbocycles. The third-order valence-electron chi connectivity index (χ3n) is 6.10. The van der Waals surface area contributed by atoms with Crippen LogP contribution in [0.25, 0.3) is 0 Å². The number of ether oxygens (including phenoxy) is 1. The number of carbonyl (C=O) groups is 1. The number of rotatable bonds is 4. The monoisotopic (exact) mass is 372 g/mol. The second kappa shape index (κ2) is 7.10. The van der Waals surface area contributed by atoms with Crippen LogP contribution in [-0.4, -0.2) is 57.4 Å². The second-order valence-electron chi connectivity index (χ2n) is 9.42. The number of hydrogen-bond acceptors (Lipinski definition) is 4. The van der Waals surface area contributed by atoms with Crippen LogP contribution in [0.3, 0.4) is 0 Å². The molecule has 2 aliphatic heterocycles. The average Bonchev–Trinajstić information content (AvgIpc) is 3.39. The molecule has 5 nitrogen and oxygen atoms in total. The van der Waals surface area contributed by atoms with Gasteiger partial charge in [0.25, 0.3) is 0 Å². The molecule has 1 aromatic rings. The minimum absolute atomic E-state index is 0.0102. The van der Waals surface area contributed by atoms with Crippen molar-refractivity contribution in [2.45, 2.75) is 82.8 Å². The number of carbonyl (C=O) groups excluding carboxylic acids is 1. The fraction of sp³-hybridized carbons (Fsp3) is 0.682. The molecular formula is C22H32N2O3. The predicted octanol–water partition coefficient (Wildman–Crippen LogP) is 3.41. The smallest absolute Gasteiger partial charge is 0.410 e. The first-order valence-corrected chi connectivity index (χ1v) is 10.3. The first-order chi connectivity index (χ1) is 12.8. The molecule has 3 fully saturated rings. The molecular weight excluding hydrogens is 340 g/mol. The van der Waals surface area contributed by atoms with E-state index in [9.17, 15) is 9.90 Å². The summed E-state index contributed by atoms with van der Waals surface area (Å²) in [5.41, 5.74) is 0.762. The van der Waals surface area contributed by atoms with Crippen LogP contribution in [0.4, 0.5) is 4.79 Å². The minimum Gasteiger partial charge on any atom is -0.444 e. The maximum absolute atomic E-state index is 12.9. The van der Waals surface area contributed by atoms with Gasteiger partial charge in [-0.15, -0.1) is 0 Å². The summed E-state index contributed by atoms with van der Waals surface area (Å²) in [6.45, 7) is 7.36. The molecule has 4 atom stereocenters. The summed E-state index contributed by atoms with van der Waals surface area (Å²) in [6, 6.07) is 10.6. The Kier molecular flexibility index (Phi) is 4.93. The van der Waals surface area contributed by atoms with Crippen molar-refractivity contribution >= 4 is 6.09 Å². The molecule has 1 aliphatic carbocycles. The van der Waals surface area contributed by atoms with Crippen molar-refractivity contribution in [3.05, 3.63) is 35.9 Å². The highest BCUT2D eigenvalue weighted by atomic mass is 16.6. The third-order valence-corrected chi connectivity index (χ3v) is 6.10. The zero-order chi connectivity index (χ0) is 19.2. The van der Waals surface area contributed by atoms with E-state index in [0.717, 1.165) is 38.8 Å². The molecule has 2 heterocycles. The number of amides is 1. The lowest BCUT2D eigenvalue weighted by atomic mass is 9.93. The van der Waals surface area contributed by atoms with Crippen molar-refractivity contribution in [3.63, 3.8) is 0 Å². The largest absolute Gasteiger partial charge is 0.444 e. The van der Waals surface area contributed by atoms with E-state index in [0.29, 0.717) is 5.92 Å². The molecule has 3 aliphatic rings. The highest BCUT2D eigenvalue weighted by molar-refractivity contribution is 5.70. The van der Waals surface area contributed by atoms with Gasteiger partial charge < -0.3 is 9.84 Å². The first kappa shape index (κ1) is 18.8. The number of piperazine rings is 1. The quantitative estimate of drug-likeness (QED) is 0.880. The highest BCUT2D eigenvalue weighted by Gasteiger charge is 2.53. The van der Waals surface area contributed by atoms with E-state index in [1.807, 2.05) is 31.7 Å². The maximum atomic E-state index is 12.9. The van der Waals surface area contributed by atoms with Crippen LogP contribution in [0, 0.1) is 5.92 Å². The SMILES string of the molecule is CC(C)(C)OC(=O)N1C2CC[C@H]1[C@@H]([C@@H](O)C1CC1)N(Cc1ccccc1)C2. The van der Waals surface area contributed by atoms with Gasteiger partial charge in [-0.1, -0.05) is 30.3 Å². The van der Waals surface area contributed by atoms with E-state index in [1.54, 1.807) is 0 Å². The van der Waals surface area contributed by atoms with E-state index in [4.69, 9.17) is 4.74 Å². The number of benzene rings is 1. The molecule has 5 heteroatoms. The fourth-order valence-electron chi connectivity index (χ4n) is 4.81. The van der Waals surface area contributed by atoms with Crippen molar-refractivity contribution in [1.82, 2.24) is 9.80 Å². The minimum atomic E-state index is -0.498. The lowest BCUT2D eigenvalue weighted by Crippen LogP contribution is -2.65.